The fourth-order valence-electron chi connectivity index (χ4n) is 3.47. The Bertz CT molecular complexity index is 766. The van der Waals surface area contributed by atoms with Crippen molar-refractivity contribution in [2.45, 2.75) is 27.2 Å². The highest BCUT2D eigenvalue weighted by Crippen LogP contribution is 2.27. The van der Waals surface area contributed by atoms with Crippen LogP contribution in [0.5, 0.6) is 0 Å². The van der Waals surface area contributed by atoms with Gasteiger partial charge >= 0.3 is 5.97 Å². The van der Waals surface area contributed by atoms with Crippen molar-refractivity contribution in [3.8, 4) is 5.13 Å². The minimum Gasteiger partial charge on any atom is -0.481 e. The van der Waals surface area contributed by atoms with Gasteiger partial charge in [0.15, 0.2) is 5.13 Å². The van der Waals surface area contributed by atoms with Gasteiger partial charge in [-0.05, 0) is 32.3 Å². The van der Waals surface area contributed by atoms with E-state index in [1.807, 2.05) is 36.8 Å². The van der Waals surface area contributed by atoms with Gasteiger partial charge in [-0.3, -0.25) is 14.2 Å². The summed E-state index contributed by atoms with van der Waals surface area (Å²) in [6.07, 6.45) is 2.26. The third kappa shape index (κ3) is 2.84. The molecule has 24 heavy (non-hydrogen) atoms. The number of likely N-dealkylation sites (tertiary alicyclic amines) is 1. The summed E-state index contributed by atoms with van der Waals surface area (Å²) >= 11 is 1.53. The summed E-state index contributed by atoms with van der Waals surface area (Å²) in [4.78, 5) is 30.3. The Labute approximate surface area is 144 Å². The quantitative estimate of drug-likeness (QED) is 0.926. The molecule has 128 valence electrons. The van der Waals surface area contributed by atoms with Gasteiger partial charge in [-0.1, -0.05) is 6.92 Å². The molecule has 0 bridgehead atoms. The standard InChI is InChI=1S/C17H21N3O3S/c1-10-9-19(6-4-13(10)16(22)23)15(21)14-8-11(2)20(12(14)3)17-18-5-7-24-17/h5,7-8,10,13H,4,6,9H2,1-3H3,(H,22,23). The molecule has 1 aliphatic heterocycles. The Kier molecular flexibility index (Phi) is 4.45. The van der Waals surface area contributed by atoms with Crippen LogP contribution in [0.2, 0.25) is 0 Å². The summed E-state index contributed by atoms with van der Waals surface area (Å²) in [5.74, 6) is -1.20. The highest BCUT2D eigenvalue weighted by molar-refractivity contribution is 7.12. The molecular formula is C17H21N3O3S. The van der Waals surface area contributed by atoms with Gasteiger partial charge in [0.25, 0.3) is 5.91 Å². The zero-order chi connectivity index (χ0) is 17.4. The first kappa shape index (κ1) is 16.7. The summed E-state index contributed by atoms with van der Waals surface area (Å²) in [6, 6.07) is 1.90. The molecule has 0 radical (unpaired) electrons. The number of amides is 1. The third-order valence-electron chi connectivity index (χ3n) is 4.78. The van der Waals surface area contributed by atoms with Crippen LogP contribution in [0.15, 0.2) is 17.6 Å². The van der Waals surface area contributed by atoms with Crippen molar-refractivity contribution < 1.29 is 14.7 Å². The summed E-state index contributed by atoms with van der Waals surface area (Å²) in [5.41, 5.74) is 2.52. The Balaban J connectivity index is 1.84. The topological polar surface area (TPSA) is 75.4 Å². The van der Waals surface area contributed by atoms with Gasteiger partial charge in [0.1, 0.15) is 0 Å². The molecule has 3 rings (SSSR count). The number of carbonyl (C=O) groups is 2. The van der Waals surface area contributed by atoms with E-state index in [2.05, 4.69) is 4.98 Å². The highest BCUT2D eigenvalue weighted by atomic mass is 32.1. The maximum atomic E-state index is 12.9. The second-order valence-corrected chi connectivity index (χ2v) is 7.27. The van der Waals surface area contributed by atoms with Gasteiger partial charge in [-0.2, -0.15) is 0 Å². The average molecular weight is 347 g/mol. The van der Waals surface area contributed by atoms with E-state index in [9.17, 15) is 14.7 Å². The predicted molar refractivity (Wildman–Crippen MR) is 91.7 cm³/mol. The lowest BCUT2D eigenvalue weighted by atomic mass is 9.87. The molecule has 0 aliphatic carbocycles. The zero-order valence-corrected chi connectivity index (χ0v) is 14.8. The molecule has 1 N–H and O–H groups in total. The van der Waals surface area contributed by atoms with E-state index in [1.165, 1.54) is 11.3 Å². The number of carbonyl (C=O) groups excluding carboxylic acids is 1. The molecule has 6 nitrogen and oxygen atoms in total. The molecule has 1 fully saturated rings. The van der Waals surface area contributed by atoms with Crippen molar-refractivity contribution in [3.05, 3.63) is 34.6 Å². The van der Waals surface area contributed by atoms with Crippen molar-refractivity contribution in [1.82, 2.24) is 14.5 Å². The first-order valence-corrected chi connectivity index (χ1v) is 8.89. The van der Waals surface area contributed by atoms with Crippen molar-refractivity contribution in [3.63, 3.8) is 0 Å². The largest absolute Gasteiger partial charge is 0.481 e. The van der Waals surface area contributed by atoms with Crippen LogP contribution < -0.4 is 0 Å². The van der Waals surface area contributed by atoms with Crippen molar-refractivity contribution >= 4 is 23.2 Å². The van der Waals surface area contributed by atoms with Crippen LogP contribution >= 0.6 is 11.3 Å². The fourth-order valence-corrected chi connectivity index (χ4v) is 4.22. The van der Waals surface area contributed by atoms with E-state index < -0.39 is 5.97 Å². The second-order valence-electron chi connectivity index (χ2n) is 6.40. The van der Waals surface area contributed by atoms with E-state index >= 15 is 0 Å². The number of hydrogen-bond donors (Lipinski definition) is 1. The number of piperidine rings is 1. The first-order valence-electron chi connectivity index (χ1n) is 8.01. The normalized spacial score (nSPS) is 21.0. The van der Waals surface area contributed by atoms with Crippen LogP contribution in [-0.2, 0) is 4.79 Å². The smallest absolute Gasteiger partial charge is 0.306 e. The second kappa shape index (κ2) is 6.39. The molecule has 2 aromatic heterocycles. The van der Waals surface area contributed by atoms with Gasteiger partial charge in [0.2, 0.25) is 0 Å². The number of aryl methyl sites for hydroxylation is 1. The monoisotopic (exact) mass is 347 g/mol. The molecule has 1 amide bonds. The van der Waals surface area contributed by atoms with Gasteiger partial charge in [0, 0.05) is 36.1 Å². The van der Waals surface area contributed by atoms with Crippen LogP contribution in [0.4, 0.5) is 0 Å². The molecule has 2 aromatic rings. The van der Waals surface area contributed by atoms with Crippen LogP contribution in [0.3, 0.4) is 0 Å². The molecule has 1 aliphatic rings. The molecule has 0 saturated carbocycles. The van der Waals surface area contributed by atoms with E-state index in [-0.39, 0.29) is 17.7 Å². The minimum absolute atomic E-state index is 0.0263. The number of aromatic nitrogens is 2. The van der Waals surface area contributed by atoms with Crippen molar-refractivity contribution in [2.24, 2.45) is 11.8 Å². The molecule has 0 aromatic carbocycles. The SMILES string of the molecule is Cc1cc(C(=O)N2CCC(C(=O)O)C(C)C2)c(C)n1-c1nccs1. The van der Waals surface area contributed by atoms with E-state index in [0.29, 0.717) is 25.1 Å². The molecule has 2 atom stereocenters. The van der Waals surface area contributed by atoms with Crippen LogP contribution in [0, 0.1) is 25.7 Å². The number of nitrogens with zero attached hydrogens (tertiary/aromatic N) is 3. The lowest BCUT2D eigenvalue weighted by Crippen LogP contribution is -2.45. The minimum atomic E-state index is -0.767. The maximum Gasteiger partial charge on any atom is 0.306 e. The van der Waals surface area contributed by atoms with Gasteiger partial charge in [-0.25, -0.2) is 4.98 Å². The number of carboxylic acids is 1. The van der Waals surface area contributed by atoms with Crippen LogP contribution in [-0.4, -0.2) is 44.5 Å². The summed E-state index contributed by atoms with van der Waals surface area (Å²) in [7, 11) is 0. The van der Waals surface area contributed by atoms with Crippen LogP contribution in [0.25, 0.3) is 5.13 Å². The molecule has 1 saturated heterocycles. The predicted octanol–water partition coefficient (Wildman–Crippen LogP) is 2.73. The van der Waals surface area contributed by atoms with E-state index in [0.717, 1.165) is 16.5 Å². The Morgan fingerprint density at radius 2 is 2.12 bits per heavy atom. The van der Waals surface area contributed by atoms with Gasteiger partial charge in [0.05, 0.1) is 11.5 Å². The van der Waals surface area contributed by atoms with Crippen molar-refractivity contribution in [1.29, 1.82) is 0 Å². The number of rotatable bonds is 3. The van der Waals surface area contributed by atoms with E-state index in [4.69, 9.17) is 0 Å². The molecule has 0 spiro atoms. The number of hydrogen-bond acceptors (Lipinski definition) is 4. The molecular weight excluding hydrogens is 326 g/mol. The Morgan fingerprint density at radius 3 is 2.71 bits per heavy atom. The number of aliphatic carboxylic acids is 1. The Morgan fingerprint density at radius 1 is 1.38 bits per heavy atom. The first-order chi connectivity index (χ1) is 11.4. The number of thiazole rings is 1. The summed E-state index contributed by atoms with van der Waals surface area (Å²) in [5, 5.41) is 12.0. The average Bonchev–Trinajstić information content (AvgIpc) is 3.14. The lowest BCUT2D eigenvalue weighted by molar-refractivity contribution is -0.145. The summed E-state index contributed by atoms with van der Waals surface area (Å²) < 4.78 is 1.99. The molecule has 7 heteroatoms. The zero-order valence-electron chi connectivity index (χ0n) is 14.0. The number of carboxylic acid groups (broad SMARTS) is 1. The lowest BCUT2D eigenvalue weighted by Gasteiger charge is -2.35. The molecule has 3 heterocycles. The van der Waals surface area contributed by atoms with Crippen molar-refractivity contribution in [2.75, 3.05) is 13.1 Å². The van der Waals surface area contributed by atoms with E-state index in [1.54, 1.807) is 11.1 Å². The fraction of sp³-hybridized carbons (Fsp3) is 0.471. The third-order valence-corrected chi connectivity index (χ3v) is 5.54. The summed E-state index contributed by atoms with van der Waals surface area (Å²) in [6.45, 7) is 6.76. The van der Waals surface area contributed by atoms with Gasteiger partial charge in [-0.15, -0.1) is 11.3 Å². The maximum absolute atomic E-state index is 12.9. The molecule has 2 unspecified atom stereocenters. The van der Waals surface area contributed by atoms with Gasteiger partial charge < -0.3 is 10.0 Å². The highest BCUT2D eigenvalue weighted by Gasteiger charge is 2.34. The Hall–Kier alpha value is -2.15. The van der Waals surface area contributed by atoms with Crippen LogP contribution in [0.1, 0.15) is 35.1 Å².